The van der Waals surface area contributed by atoms with E-state index in [1.54, 1.807) is 4.68 Å². The lowest BCUT2D eigenvalue weighted by atomic mass is 10.1. The summed E-state index contributed by atoms with van der Waals surface area (Å²) in [6.07, 6.45) is 1.44. The summed E-state index contributed by atoms with van der Waals surface area (Å²) in [6.45, 7) is 2.11. The molecule has 7 nitrogen and oxygen atoms in total. The van der Waals surface area contributed by atoms with Gasteiger partial charge in [0.15, 0.2) is 0 Å². The summed E-state index contributed by atoms with van der Waals surface area (Å²) >= 11 is 6.09. The van der Waals surface area contributed by atoms with Gasteiger partial charge in [0.25, 0.3) is 5.91 Å². The maximum atomic E-state index is 13.9. The third-order valence-corrected chi connectivity index (χ3v) is 3.60. The molecule has 0 aliphatic carbocycles. The smallest absolute Gasteiger partial charge is 0.322 e. The summed E-state index contributed by atoms with van der Waals surface area (Å²) in [4.78, 5) is 22.8. The second kappa shape index (κ2) is 8.93. The minimum absolute atomic E-state index is 0. The molecule has 1 amide bonds. The Morgan fingerprint density at radius 2 is 2.12 bits per heavy atom. The molecule has 10 heteroatoms. The quantitative estimate of drug-likeness (QED) is 0.643. The molecule has 0 radical (unpaired) electrons. The van der Waals surface area contributed by atoms with Gasteiger partial charge in [-0.3, -0.25) is 14.3 Å². The van der Waals surface area contributed by atoms with Crippen LogP contribution < -0.4 is 11.1 Å². The average molecular weight is 436 g/mol. The first-order valence-corrected chi connectivity index (χ1v) is 7.50. The van der Waals surface area contributed by atoms with Gasteiger partial charge in [-0.25, -0.2) is 4.39 Å². The van der Waals surface area contributed by atoms with Gasteiger partial charge in [-0.05, 0) is 25.1 Å². The van der Waals surface area contributed by atoms with E-state index < -0.39 is 23.7 Å². The van der Waals surface area contributed by atoms with E-state index >= 15 is 0 Å². The second-order valence-corrected chi connectivity index (χ2v) is 5.45. The van der Waals surface area contributed by atoms with Crippen molar-refractivity contribution in [1.29, 1.82) is 0 Å². The molecule has 25 heavy (non-hydrogen) atoms. The van der Waals surface area contributed by atoms with Crippen molar-refractivity contribution in [3.8, 4) is 11.3 Å². The lowest BCUT2D eigenvalue weighted by Gasteiger charge is -2.11. The Labute approximate surface area is 158 Å². The van der Waals surface area contributed by atoms with E-state index in [1.165, 1.54) is 18.3 Å². The van der Waals surface area contributed by atoms with Gasteiger partial charge < -0.3 is 16.2 Å². The Kier molecular flexibility index (Phi) is 7.53. The molecule has 1 heterocycles. The fraction of sp³-hybridized carbons (Fsp3) is 0.267. The molecule has 1 aromatic heterocycles. The monoisotopic (exact) mass is 434 g/mol. The fourth-order valence-corrected chi connectivity index (χ4v) is 2.39. The molecule has 0 spiro atoms. The Balaban J connectivity index is 0.00000312. The maximum absolute atomic E-state index is 13.9. The highest BCUT2D eigenvalue weighted by Gasteiger charge is 2.17. The van der Waals surface area contributed by atoms with E-state index in [-0.39, 0.29) is 29.1 Å². The van der Waals surface area contributed by atoms with E-state index in [1.807, 2.05) is 6.92 Å². The molecule has 0 bridgehead atoms. The summed E-state index contributed by atoms with van der Waals surface area (Å²) < 4.78 is 15.5. The molecule has 1 atom stereocenters. The lowest BCUT2D eigenvalue weighted by molar-refractivity contribution is -0.138. The predicted octanol–water partition coefficient (Wildman–Crippen LogP) is 2.08. The van der Waals surface area contributed by atoms with Crippen molar-refractivity contribution >= 4 is 40.5 Å². The molecule has 0 saturated heterocycles. The molecule has 0 fully saturated rings. The van der Waals surface area contributed by atoms with Crippen LogP contribution in [0.3, 0.4) is 0 Å². The minimum Gasteiger partial charge on any atom is -0.480 e. The molecular formula is C15H17BrClFN4O3. The van der Waals surface area contributed by atoms with Crippen molar-refractivity contribution < 1.29 is 19.1 Å². The molecule has 0 unspecified atom stereocenters. The summed E-state index contributed by atoms with van der Waals surface area (Å²) in [7, 11) is 0. The van der Waals surface area contributed by atoms with Gasteiger partial charge in [-0.15, -0.1) is 17.0 Å². The Morgan fingerprint density at radius 3 is 2.72 bits per heavy atom. The molecule has 0 aliphatic heterocycles. The molecule has 0 saturated carbocycles. The highest BCUT2D eigenvalue weighted by Crippen LogP contribution is 2.29. The van der Waals surface area contributed by atoms with Crippen LogP contribution in [-0.4, -0.2) is 39.4 Å². The summed E-state index contributed by atoms with van der Waals surface area (Å²) in [6, 6.07) is 2.51. The van der Waals surface area contributed by atoms with Crippen LogP contribution in [0.1, 0.15) is 17.3 Å². The normalized spacial score (nSPS) is 11.5. The average Bonchev–Trinajstić information content (AvgIpc) is 2.92. The van der Waals surface area contributed by atoms with Gasteiger partial charge in [-0.2, -0.15) is 5.10 Å². The first kappa shape index (κ1) is 21.1. The van der Waals surface area contributed by atoms with E-state index in [0.717, 1.165) is 6.07 Å². The Hall–Kier alpha value is -1.97. The molecule has 0 aliphatic rings. The molecule has 4 N–H and O–H groups in total. The molecule has 136 valence electrons. The summed E-state index contributed by atoms with van der Waals surface area (Å²) in [5, 5.41) is 15.5. The number of aryl methyl sites for hydroxylation is 1. The predicted molar refractivity (Wildman–Crippen MR) is 96.6 cm³/mol. The van der Waals surface area contributed by atoms with Crippen molar-refractivity contribution in [3.63, 3.8) is 0 Å². The zero-order valence-electron chi connectivity index (χ0n) is 13.2. The van der Waals surface area contributed by atoms with Gasteiger partial charge in [0.05, 0.1) is 16.9 Å². The number of carboxylic acid groups (broad SMARTS) is 1. The highest BCUT2D eigenvalue weighted by molar-refractivity contribution is 8.93. The van der Waals surface area contributed by atoms with Crippen LogP contribution in [0, 0.1) is 5.82 Å². The standard InChI is InChI=1S/C15H16ClFN4O3.BrH/c1-2-21-13(11(16)6-20-21)8-3-9(5-10(17)4-8)14(22)19-7-12(18)15(23)24;/h3-6,12H,2,7,18H2,1H3,(H,19,22)(H,23,24);1H/t12-;/m1./s1. The number of hydrogen-bond donors (Lipinski definition) is 3. The largest absolute Gasteiger partial charge is 0.480 e. The van der Waals surface area contributed by atoms with Gasteiger partial charge in [0, 0.05) is 24.2 Å². The number of carbonyl (C=O) groups excluding carboxylic acids is 1. The number of carboxylic acids is 1. The number of nitrogens with zero attached hydrogens (tertiary/aromatic N) is 2. The van der Waals surface area contributed by atoms with Crippen LogP contribution in [0.5, 0.6) is 0 Å². The third kappa shape index (κ3) is 5.00. The van der Waals surface area contributed by atoms with Crippen molar-refractivity contribution in [2.24, 2.45) is 5.73 Å². The SMILES string of the molecule is Br.CCn1ncc(Cl)c1-c1cc(F)cc(C(=O)NC[C@@H](N)C(=O)O)c1. The number of carbonyl (C=O) groups is 2. The fourth-order valence-electron chi connectivity index (χ4n) is 2.14. The van der Waals surface area contributed by atoms with Crippen LogP contribution in [0.15, 0.2) is 24.4 Å². The third-order valence-electron chi connectivity index (χ3n) is 3.33. The Bertz CT molecular complexity index is 784. The summed E-state index contributed by atoms with van der Waals surface area (Å²) in [5.74, 6) is -2.50. The first-order valence-electron chi connectivity index (χ1n) is 7.12. The lowest BCUT2D eigenvalue weighted by Crippen LogP contribution is -2.42. The van der Waals surface area contributed by atoms with Crippen molar-refractivity contribution in [3.05, 3.63) is 40.8 Å². The molecule has 2 rings (SSSR count). The van der Waals surface area contributed by atoms with E-state index in [2.05, 4.69) is 10.4 Å². The van der Waals surface area contributed by atoms with Crippen molar-refractivity contribution in [2.45, 2.75) is 19.5 Å². The number of aliphatic carboxylic acids is 1. The topological polar surface area (TPSA) is 110 Å². The number of aromatic nitrogens is 2. The molecular weight excluding hydrogens is 419 g/mol. The van der Waals surface area contributed by atoms with Gasteiger partial charge in [0.1, 0.15) is 11.9 Å². The van der Waals surface area contributed by atoms with E-state index in [4.69, 9.17) is 22.4 Å². The second-order valence-electron chi connectivity index (χ2n) is 5.04. The van der Waals surface area contributed by atoms with Gasteiger partial charge >= 0.3 is 5.97 Å². The minimum atomic E-state index is -1.24. The zero-order chi connectivity index (χ0) is 17.9. The number of hydrogen-bond acceptors (Lipinski definition) is 4. The summed E-state index contributed by atoms with van der Waals surface area (Å²) in [5.41, 5.74) is 6.24. The highest BCUT2D eigenvalue weighted by atomic mass is 79.9. The Morgan fingerprint density at radius 1 is 1.44 bits per heavy atom. The number of nitrogens with two attached hydrogens (primary N) is 1. The van der Waals surface area contributed by atoms with E-state index in [0.29, 0.717) is 22.8 Å². The van der Waals surface area contributed by atoms with E-state index in [9.17, 15) is 14.0 Å². The number of halogens is 3. The van der Waals surface area contributed by atoms with Crippen LogP contribution in [0.2, 0.25) is 5.02 Å². The molecule has 2 aromatic rings. The van der Waals surface area contributed by atoms with Gasteiger partial charge in [-0.1, -0.05) is 11.6 Å². The van der Waals surface area contributed by atoms with Crippen molar-refractivity contribution in [2.75, 3.05) is 6.54 Å². The maximum Gasteiger partial charge on any atom is 0.322 e. The first-order chi connectivity index (χ1) is 11.3. The molecule has 1 aromatic carbocycles. The van der Waals surface area contributed by atoms with Crippen molar-refractivity contribution in [1.82, 2.24) is 15.1 Å². The van der Waals surface area contributed by atoms with Crippen LogP contribution in [0.25, 0.3) is 11.3 Å². The number of amides is 1. The van der Waals surface area contributed by atoms with Gasteiger partial charge in [0.2, 0.25) is 0 Å². The number of rotatable bonds is 6. The number of benzene rings is 1. The van der Waals surface area contributed by atoms with Crippen LogP contribution in [-0.2, 0) is 11.3 Å². The zero-order valence-corrected chi connectivity index (χ0v) is 15.7. The van der Waals surface area contributed by atoms with Crippen LogP contribution >= 0.6 is 28.6 Å². The number of nitrogens with one attached hydrogen (secondary N) is 1. The van der Waals surface area contributed by atoms with Crippen LogP contribution in [0.4, 0.5) is 4.39 Å².